The van der Waals surface area contributed by atoms with E-state index in [0.29, 0.717) is 0 Å². The quantitative estimate of drug-likeness (QED) is 0.427. The molecule has 0 heterocycles. The fourth-order valence-electron chi connectivity index (χ4n) is 0. The monoisotopic (exact) mass is 89.0 g/mol. The maximum Gasteiger partial charge on any atom is 0.214 e. The fraction of sp³-hybridized carbons (Fsp3) is 0.333. The van der Waals surface area contributed by atoms with E-state index in [1.807, 2.05) is 6.79 Å². The number of hydrogen-bond acceptors (Lipinski definition) is 2. The largest absolute Gasteiger partial charge is 0.370 e. The van der Waals surface area contributed by atoms with E-state index in [1.165, 1.54) is 6.92 Å². The molecule has 0 aromatic heterocycles. The van der Waals surface area contributed by atoms with Gasteiger partial charge in [0.2, 0.25) is 5.91 Å². The summed E-state index contributed by atoms with van der Waals surface area (Å²) in [6, 6.07) is 0. The first-order valence-electron chi connectivity index (χ1n) is 1.28. The highest BCUT2D eigenvalue weighted by Gasteiger charge is 1.61. The lowest BCUT2D eigenvalue weighted by Gasteiger charge is -1.60. The molecule has 6 heavy (non-hydrogen) atoms. The van der Waals surface area contributed by atoms with Gasteiger partial charge < -0.3 is 10.5 Å². The Bertz CT molecular complexity index is 40.1. The van der Waals surface area contributed by atoms with Crippen molar-refractivity contribution >= 4 is 12.7 Å². The zero-order valence-corrected chi connectivity index (χ0v) is 3.60. The second-order valence-corrected chi connectivity index (χ2v) is 0.611. The highest BCUT2D eigenvalue weighted by Crippen LogP contribution is 1.33. The van der Waals surface area contributed by atoms with E-state index < -0.39 is 0 Å². The number of primary amides is 1. The molecule has 0 atom stereocenters. The summed E-state index contributed by atoms with van der Waals surface area (Å²) >= 11 is 0. The molecule has 1 amide bonds. The van der Waals surface area contributed by atoms with Crippen LogP contribution < -0.4 is 5.73 Å². The van der Waals surface area contributed by atoms with Crippen LogP contribution in [0.15, 0.2) is 0 Å². The standard InChI is InChI=1S/C2H5NO.CH2O/c1-2(3)4;1-2/h1H3,(H2,3,4);1H2. The summed E-state index contributed by atoms with van der Waals surface area (Å²) in [6.07, 6.45) is 0. The molecular formula is C3H7NO2. The van der Waals surface area contributed by atoms with Crippen LogP contribution in [0.5, 0.6) is 0 Å². The van der Waals surface area contributed by atoms with Crippen LogP contribution in [0.2, 0.25) is 0 Å². The molecule has 0 aliphatic rings. The van der Waals surface area contributed by atoms with E-state index in [4.69, 9.17) is 4.79 Å². The van der Waals surface area contributed by atoms with Crippen LogP contribution >= 0.6 is 0 Å². The lowest BCUT2D eigenvalue weighted by molar-refractivity contribution is -0.116. The minimum Gasteiger partial charge on any atom is -0.370 e. The van der Waals surface area contributed by atoms with Gasteiger partial charge in [-0.15, -0.1) is 0 Å². The second-order valence-electron chi connectivity index (χ2n) is 0.611. The predicted octanol–water partition coefficient (Wildman–Crippen LogP) is -0.693. The Balaban J connectivity index is 0. The Morgan fingerprint density at radius 1 is 1.67 bits per heavy atom. The Hall–Kier alpha value is -0.860. The SMILES string of the molecule is C=O.CC(N)=O. The van der Waals surface area contributed by atoms with Gasteiger partial charge in [0.15, 0.2) is 0 Å². The lowest BCUT2D eigenvalue weighted by atomic mass is 10.8. The smallest absolute Gasteiger partial charge is 0.214 e. The highest BCUT2D eigenvalue weighted by atomic mass is 16.1. The van der Waals surface area contributed by atoms with Gasteiger partial charge in [0.1, 0.15) is 6.79 Å². The van der Waals surface area contributed by atoms with Gasteiger partial charge in [-0.05, 0) is 0 Å². The minimum atomic E-state index is -0.333. The van der Waals surface area contributed by atoms with E-state index in [-0.39, 0.29) is 5.91 Å². The summed E-state index contributed by atoms with van der Waals surface area (Å²) in [5.41, 5.74) is 4.47. The first-order chi connectivity index (χ1) is 2.73. The third kappa shape index (κ3) is 19.4. The third-order valence-corrected chi connectivity index (χ3v) is 0. The van der Waals surface area contributed by atoms with Crippen molar-refractivity contribution in [2.45, 2.75) is 6.92 Å². The van der Waals surface area contributed by atoms with Gasteiger partial charge >= 0.3 is 0 Å². The normalized spacial score (nSPS) is 4.83. The van der Waals surface area contributed by atoms with Crippen molar-refractivity contribution in [1.82, 2.24) is 0 Å². The molecule has 3 heteroatoms. The topological polar surface area (TPSA) is 60.2 Å². The molecule has 0 aliphatic heterocycles. The lowest BCUT2D eigenvalue weighted by Crippen LogP contribution is -2.01. The van der Waals surface area contributed by atoms with Crippen molar-refractivity contribution < 1.29 is 9.59 Å². The molecule has 0 aromatic rings. The number of amides is 1. The van der Waals surface area contributed by atoms with Crippen LogP contribution in [0.3, 0.4) is 0 Å². The van der Waals surface area contributed by atoms with Gasteiger partial charge in [-0.25, -0.2) is 0 Å². The van der Waals surface area contributed by atoms with Crippen LogP contribution in [-0.2, 0) is 9.59 Å². The summed E-state index contributed by atoms with van der Waals surface area (Å²) in [4.78, 5) is 17.2. The van der Waals surface area contributed by atoms with E-state index in [1.54, 1.807) is 0 Å². The molecule has 0 rings (SSSR count). The second kappa shape index (κ2) is 8.91. The first kappa shape index (κ1) is 8.94. The number of hydrogen-bond donors (Lipinski definition) is 1. The molecule has 0 bridgehead atoms. The average Bonchev–Trinajstić information content (AvgIpc) is 1.41. The predicted molar refractivity (Wildman–Crippen MR) is 22.0 cm³/mol. The molecular weight excluding hydrogens is 82.0 g/mol. The molecule has 0 aromatic carbocycles. The summed E-state index contributed by atoms with van der Waals surface area (Å²) in [5.74, 6) is -0.333. The van der Waals surface area contributed by atoms with Gasteiger partial charge in [0.05, 0.1) is 0 Å². The maximum atomic E-state index is 9.22. The maximum absolute atomic E-state index is 9.22. The fourth-order valence-corrected chi connectivity index (χ4v) is 0. The highest BCUT2D eigenvalue weighted by molar-refractivity contribution is 5.70. The molecule has 0 unspecified atom stereocenters. The summed E-state index contributed by atoms with van der Waals surface area (Å²) < 4.78 is 0. The molecule has 0 saturated carbocycles. The van der Waals surface area contributed by atoms with Crippen molar-refractivity contribution in [2.75, 3.05) is 0 Å². The number of carbonyl (C=O) groups is 2. The molecule has 2 N–H and O–H groups in total. The van der Waals surface area contributed by atoms with Gasteiger partial charge in [0, 0.05) is 6.92 Å². The van der Waals surface area contributed by atoms with Gasteiger partial charge in [-0.3, -0.25) is 4.79 Å². The zero-order chi connectivity index (χ0) is 5.58. The number of carbonyl (C=O) groups excluding carboxylic acids is 2. The van der Waals surface area contributed by atoms with Gasteiger partial charge in [-0.1, -0.05) is 0 Å². The minimum absolute atomic E-state index is 0.333. The van der Waals surface area contributed by atoms with Crippen LogP contribution in [0, 0.1) is 0 Å². The molecule has 0 spiro atoms. The molecule has 0 fully saturated rings. The van der Waals surface area contributed by atoms with Gasteiger partial charge in [0.25, 0.3) is 0 Å². The van der Waals surface area contributed by atoms with E-state index in [9.17, 15) is 4.79 Å². The molecule has 36 valence electrons. The Kier molecular flexibility index (Phi) is 13.3. The summed E-state index contributed by atoms with van der Waals surface area (Å²) in [7, 11) is 0. The van der Waals surface area contributed by atoms with Crippen molar-refractivity contribution in [3.05, 3.63) is 0 Å². The van der Waals surface area contributed by atoms with E-state index >= 15 is 0 Å². The molecule has 0 radical (unpaired) electrons. The summed E-state index contributed by atoms with van der Waals surface area (Å²) in [6.45, 7) is 3.31. The summed E-state index contributed by atoms with van der Waals surface area (Å²) in [5, 5.41) is 0. The number of rotatable bonds is 0. The van der Waals surface area contributed by atoms with Crippen molar-refractivity contribution in [2.24, 2.45) is 5.73 Å². The average molecular weight is 89.1 g/mol. The van der Waals surface area contributed by atoms with E-state index in [0.717, 1.165) is 0 Å². The third-order valence-electron chi connectivity index (χ3n) is 0. The Morgan fingerprint density at radius 3 is 1.67 bits per heavy atom. The molecule has 3 nitrogen and oxygen atoms in total. The van der Waals surface area contributed by atoms with Crippen molar-refractivity contribution in [3.8, 4) is 0 Å². The van der Waals surface area contributed by atoms with Crippen molar-refractivity contribution in [3.63, 3.8) is 0 Å². The van der Waals surface area contributed by atoms with Crippen LogP contribution in [0.25, 0.3) is 0 Å². The van der Waals surface area contributed by atoms with Crippen LogP contribution in [-0.4, -0.2) is 12.7 Å². The number of nitrogens with two attached hydrogens (primary N) is 1. The van der Waals surface area contributed by atoms with Gasteiger partial charge in [-0.2, -0.15) is 0 Å². The first-order valence-corrected chi connectivity index (χ1v) is 1.28. The van der Waals surface area contributed by atoms with Crippen LogP contribution in [0.4, 0.5) is 0 Å². The molecule has 0 saturated heterocycles. The van der Waals surface area contributed by atoms with Crippen molar-refractivity contribution in [1.29, 1.82) is 0 Å². The Morgan fingerprint density at radius 2 is 1.67 bits per heavy atom. The molecule has 0 aliphatic carbocycles. The van der Waals surface area contributed by atoms with E-state index in [2.05, 4.69) is 5.73 Å². The Labute approximate surface area is 36.1 Å². The van der Waals surface area contributed by atoms with Crippen LogP contribution in [0.1, 0.15) is 6.92 Å². The zero-order valence-electron chi connectivity index (χ0n) is 3.60.